The number of thioether (sulfide) groups is 1. The SMILES string of the molecule is C=CCSc1nnc(-c2ccccn2)n1-c1ccc(C)cc1C. The molecule has 0 amide bonds. The van der Waals surface area contributed by atoms with Gasteiger partial charge in [0.15, 0.2) is 11.0 Å². The number of aromatic nitrogens is 4. The summed E-state index contributed by atoms with van der Waals surface area (Å²) in [6.45, 7) is 7.98. The molecule has 2 aromatic heterocycles. The second-order valence-electron chi connectivity index (χ2n) is 5.25. The molecular weight excluding hydrogens is 304 g/mol. The van der Waals surface area contributed by atoms with Gasteiger partial charge in [-0.3, -0.25) is 9.55 Å². The molecule has 0 aliphatic rings. The third-order valence-electron chi connectivity index (χ3n) is 3.45. The van der Waals surface area contributed by atoms with Crippen LogP contribution in [-0.2, 0) is 0 Å². The normalized spacial score (nSPS) is 10.7. The average molecular weight is 322 g/mol. The van der Waals surface area contributed by atoms with Crippen molar-refractivity contribution in [1.82, 2.24) is 19.7 Å². The molecule has 0 bridgehead atoms. The highest BCUT2D eigenvalue weighted by Crippen LogP contribution is 2.28. The maximum Gasteiger partial charge on any atom is 0.196 e. The summed E-state index contributed by atoms with van der Waals surface area (Å²) in [5.74, 6) is 1.54. The minimum atomic E-state index is 0.754. The molecule has 0 atom stereocenters. The monoisotopic (exact) mass is 322 g/mol. The number of rotatable bonds is 5. The van der Waals surface area contributed by atoms with Crippen LogP contribution in [0, 0.1) is 13.8 Å². The summed E-state index contributed by atoms with van der Waals surface area (Å²) in [5.41, 5.74) is 4.31. The van der Waals surface area contributed by atoms with E-state index in [9.17, 15) is 0 Å². The molecule has 5 heteroatoms. The van der Waals surface area contributed by atoms with E-state index < -0.39 is 0 Å². The molecule has 23 heavy (non-hydrogen) atoms. The molecule has 0 saturated heterocycles. The van der Waals surface area contributed by atoms with Crippen LogP contribution in [0.4, 0.5) is 0 Å². The summed E-state index contributed by atoms with van der Waals surface area (Å²) in [6, 6.07) is 12.2. The van der Waals surface area contributed by atoms with Gasteiger partial charge < -0.3 is 0 Å². The van der Waals surface area contributed by atoms with Crippen LogP contribution in [0.5, 0.6) is 0 Å². The minimum Gasteiger partial charge on any atom is -0.268 e. The Morgan fingerprint density at radius 1 is 1.17 bits per heavy atom. The van der Waals surface area contributed by atoms with E-state index in [0.717, 1.165) is 28.1 Å². The van der Waals surface area contributed by atoms with Gasteiger partial charge in [0.05, 0.1) is 5.69 Å². The van der Waals surface area contributed by atoms with E-state index in [-0.39, 0.29) is 0 Å². The van der Waals surface area contributed by atoms with Crippen LogP contribution in [0.1, 0.15) is 11.1 Å². The third-order valence-corrected chi connectivity index (χ3v) is 4.38. The third kappa shape index (κ3) is 3.19. The Hall–Kier alpha value is -2.40. The molecule has 0 spiro atoms. The van der Waals surface area contributed by atoms with Crippen molar-refractivity contribution in [3.05, 3.63) is 66.4 Å². The highest BCUT2D eigenvalue weighted by Gasteiger charge is 2.17. The summed E-state index contributed by atoms with van der Waals surface area (Å²) in [5, 5.41) is 9.58. The maximum absolute atomic E-state index is 4.42. The predicted octanol–water partition coefficient (Wildman–Crippen LogP) is 4.22. The van der Waals surface area contributed by atoms with Crippen molar-refractivity contribution in [2.75, 3.05) is 5.75 Å². The van der Waals surface area contributed by atoms with Gasteiger partial charge in [0.2, 0.25) is 0 Å². The van der Waals surface area contributed by atoms with E-state index in [4.69, 9.17) is 0 Å². The molecule has 0 radical (unpaired) electrons. The molecule has 1 aromatic carbocycles. The van der Waals surface area contributed by atoms with E-state index in [1.807, 2.05) is 24.3 Å². The minimum absolute atomic E-state index is 0.754. The Bertz CT molecular complexity index is 824. The zero-order chi connectivity index (χ0) is 16.2. The summed E-state index contributed by atoms with van der Waals surface area (Å²) in [4.78, 5) is 4.42. The summed E-state index contributed by atoms with van der Waals surface area (Å²) < 4.78 is 2.07. The average Bonchev–Trinajstić information content (AvgIpc) is 2.97. The molecule has 0 aliphatic carbocycles. The van der Waals surface area contributed by atoms with Crippen molar-refractivity contribution < 1.29 is 0 Å². The first-order valence-electron chi connectivity index (χ1n) is 7.39. The van der Waals surface area contributed by atoms with E-state index in [0.29, 0.717) is 0 Å². The maximum atomic E-state index is 4.42. The number of nitrogens with zero attached hydrogens (tertiary/aromatic N) is 4. The van der Waals surface area contributed by atoms with Gasteiger partial charge in [-0.1, -0.05) is 41.6 Å². The van der Waals surface area contributed by atoms with Crippen molar-refractivity contribution in [1.29, 1.82) is 0 Å². The second-order valence-corrected chi connectivity index (χ2v) is 6.23. The molecule has 0 unspecified atom stereocenters. The molecule has 3 rings (SSSR count). The van der Waals surface area contributed by atoms with Gasteiger partial charge >= 0.3 is 0 Å². The first-order valence-corrected chi connectivity index (χ1v) is 8.37. The molecule has 0 fully saturated rings. The summed E-state index contributed by atoms with van der Waals surface area (Å²) in [6.07, 6.45) is 3.64. The lowest BCUT2D eigenvalue weighted by Gasteiger charge is -2.13. The molecule has 4 nitrogen and oxygen atoms in total. The van der Waals surface area contributed by atoms with Gasteiger partial charge in [0.25, 0.3) is 0 Å². The Balaban J connectivity index is 2.18. The zero-order valence-electron chi connectivity index (χ0n) is 13.2. The number of aryl methyl sites for hydroxylation is 2. The summed E-state index contributed by atoms with van der Waals surface area (Å²) >= 11 is 1.61. The Labute approximate surface area is 140 Å². The van der Waals surface area contributed by atoms with Crippen LogP contribution < -0.4 is 0 Å². The molecule has 3 aromatic rings. The molecule has 0 saturated carbocycles. The van der Waals surface area contributed by atoms with Crippen molar-refractivity contribution in [2.24, 2.45) is 0 Å². The Morgan fingerprint density at radius 3 is 2.74 bits per heavy atom. The largest absolute Gasteiger partial charge is 0.268 e. The standard InChI is InChI=1S/C18H18N4S/c1-4-11-23-18-21-20-17(15-7-5-6-10-19-15)22(18)16-9-8-13(2)12-14(16)3/h4-10,12H,1,11H2,2-3H3. The van der Waals surface area contributed by atoms with E-state index in [1.54, 1.807) is 18.0 Å². The highest BCUT2D eigenvalue weighted by molar-refractivity contribution is 7.99. The Morgan fingerprint density at radius 2 is 2.04 bits per heavy atom. The fourth-order valence-electron chi connectivity index (χ4n) is 2.43. The van der Waals surface area contributed by atoms with Crippen molar-refractivity contribution in [3.8, 4) is 17.2 Å². The number of hydrogen-bond donors (Lipinski definition) is 0. The molecular formula is C18H18N4S. The van der Waals surface area contributed by atoms with Crippen molar-refractivity contribution >= 4 is 11.8 Å². The molecule has 0 aliphatic heterocycles. The number of pyridine rings is 1. The molecule has 2 heterocycles. The van der Waals surface area contributed by atoms with Gasteiger partial charge in [-0.05, 0) is 37.6 Å². The van der Waals surface area contributed by atoms with Crippen LogP contribution in [-0.4, -0.2) is 25.5 Å². The highest BCUT2D eigenvalue weighted by atomic mass is 32.2. The van der Waals surface area contributed by atoms with Crippen LogP contribution in [0.2, 0.25) is 0 Å². The lowest BCUT2D eigenvalue weighted by molar-refractivity contribution is 0.880. The van der Waals surface area contributed by atoms with Crippen LogP contribution in [0.25, 0.3) is 17.2 Å². The fourth-order valence-corrected chi connectivity index (χ4v) is 3.11. The van der Waals surface area contributed by atoms with Crippen LogP contribution in [0.15, 0.2) is 60.4 Å². The van der Waals surface area contributed by atoms with Gasteiger partial charge in [-0.15, -0.1) is 16.8 Å². The lowest BCUT2D eigenvalue weighted by atomic mass is 10.1. The zero-order valence-corrected chi connectivity index (χ0v) is 14.0. The Kier molecular flexibility index (Phi) is 4.57. The number of benzene rings is 1. The van der Waals surface area contributed by atoms with E-state index >= 15 is 0 Å². The van der Waals surface area contributed by atoms with Gasteiger partial charge in [-0.25, -0.2) is 0 Å². The summed E-state index contributed by atoms with van der Waals surface area (Å²) in [7, 11) is 0. The second kappa shape index (κ2) is 6.79. The topological polar surface area (TPSA) is 43.6 Å². The van der Waals surface area contributed by atoms with E-state index in [1.165, 1.54) is 11.1 Å². The van der Waals surface area contributed by atoms with Crippen LogP contribution >= 0.6 is 11.8 Å². The van der Waals surface area contributed by atoms with E-state index in [2.05, 4.69) is 58.4 Å². The van der Waals surface area contributed by atoms with Crippen molar-refractivity contribution in [2.45, 2.75) is 19.0 Å². The van der Waals surface area contributed by atoms with Crippen molar-refractivity contribution in [3.63, 3.8) is 0 Å². The first kappa shape index (κ1) is 15.5. The predicted molar refractivity (Wildman–Crippen MR) is 95.0 cm³/mol. The first-order chi connectivity index (χ1) is 11.2. The molecule has 116 valence electrons. The fraction of sp³-hybridized carbons (Fsp3) is 0.167. The van der Waals surface area contributed by atoms with Gasteiger partial charge in [0.1, 0.15) is 5.69 Å². The van der Waals surface area contributed by atoms with Gasteiger partial charge in [0, 0.05) is 11.9 Å². The lowest BCUT2D eigenvalue weighted by Crippen LogP contribution is -2.03. The van der Waals surface area contributed by atoms with Gasteiger partial charge in [-0.2, -0.15) is 0 Å². The molecule has 0 N–H and O–H groups in total. The smallest absolute Gasteiger partial charge is 0.196 e. The quantitative estimate of drug-likeness (QED) is 0.521. The van der Waals surface area contributed by atoms with Crippen LogP contribution in [0.3, 0.4) is 0 Å². The number of hydrogen-bond acceptors (Lipinski definition) is 4.